The lowest BCUT2D eigenvalue weighted by molar-refractivity contribution is -0.143. The first-order chi connectivity index (χ1) is 10.7. The molecule has 0 saturated carbocycles. The van der Waals surface area contributed by atoms with Crippen molar-refractivity contribution in [3.8, 4) is 5.75 Å². The highest BCUT2D eigenvalue weighted by Crippen LogP contribution is 2.45. The molecule has 5 atom stereocenters. The summed E-state index contributed by atoms with van der Waals surface area (Å²) in [6.45, 7) is 1.54. The summed E-state index contributed by atoms with van der Waals surface area (Å²) in [5, 5.41) is 9.73. The Hall–Kier alpha value is -1.85. The number of carboxylic acid groups (broad SMARTS) is 1. The van der Waals surface area contributed by atoms with E-state index in [-0.39, 0.29) is 12.2 Å². The first kappa shape index (κ1) is 13.8. The molecule has 2 saturated heterocycles. The summed E-state index contributed by atoms with van der Waals surface area (Å²) in [7, 11) is 1.59. The molecule has 3 aliphatic heterocycles. The fourth-order valence-corrected chi connectivity index (χ4v) is 4.09. The highest BCUT2D eigenvalue weighted by atomic mass is 16.5. The van der Waals surface area contributed by atoms with Crippen LogP contribution in [0.15, 0.2) is 36.4 Å². The Morgan fingerprint density at radius 2 is 2.00 bits per heavy atom. The van der Waals surface area contributed by atoms with Gasteiger partial charge in [0.15, 0.2) is 0 Å². The van der Waals surface area contributed by atoms with Crippen LogP contribution in [0.3, 0.4) is 0 Å². The van der Waals surface area contributed by atoms with Gasteiger partial charge in [-0.15, -0.1) is 0 Å². The zero-order chi connectivity index (χ0) is 15.3. The number of hydrogen-bond acceptors (Lipinski definition) is 4. The van der Waals surface area contributed by atoms with Gasteiger partial charge in [0.1, 0.15) is 11.8 Å². The maximum Gasteiger partial charge on any atom is 0.325 e. The van der Waals surface area contributed by atoms with Crippen LogP contribution < -0.4 is 4.74 Å². The summed E-state index contributed by atoms with van der Waals surface area (Å²) in [6.07, 6.45) is 4.58. The van der Waals surface area contributed by atoms with Gasteiger partial charge < -0.3 is 14.6 Å². The van der Waals surface area contributed by atoms with Crippen LogP contribution in [-0.2, 0) is 9.53 Å². The van der Waals surface area contributed by atoms with Gasteiger partial charge in [0, 0.05) is 24.9 Å². The zero-order valence-corrected chi connectivity index (χ0v) is 12.4. The fraction of sp³-hybridized carbons (Fsp3) is 0.471. The normalized spacial score (nSPS) is 33.9. The van der Waals surface area contributed by atoms with Crippen molar-refractivity contribution in [3.05, 3.63) is 42.0 Å². The number of ether oxygens (including phenoxy) is 2. The number of likely N-dealkylation sites (tertiary alicyclic amines) is 1. The van der Waals surface area contributed by atoms with E-state index >= 15 is 0 Å². The van der Waals surface area contributed by atoms with E-state index in [0.29, 0.717) is 17.6 Å². The highest BCUT2D eigenvalue weighted by Gasteiger charge is 2.52. The number of methoxy groups -OCH3 is 1. The number of carbonyl (C=O) groups is 1. The van der Waals surface area contributed by atoms with Crippen LogP contribution in [0.25, 0.3) is 0 Å². The third kappa shape index (κ3) is 2.04. The van der Waals surface area contributed by atoms with Crippen LogP contribution in [0.1, 0.15) is 11.6 Å². The van der Waals surface area contributed by atoms with E-state index in [4.69, 9.17) is 9.47 Å². The minimum atomic E-state index is -0.811. The lowest BCUT2D eigenvalue weighted by Crippen LogP contribution is -2.34. The summed E-state index contributed by atoms with van der Waals surface area (Å²) in [6, 6.07) is 6.73. The molecular formula is C17H19NO4. The molecule has 2 fully saturated rings. The van der Waals surface area contributed by atoms with E-state index in [0.717, 1.165) is 18.7 Å². The summed E-state index contributed by atoms with van der Waals surface area (Å²) < 4.78 is 11.1. The first-order valence-electron chi connectivity index (χ1n) is 7.62. The molecule has 5 unspecified atom stereocenters. The first-order valence-corrected chi connectivity index (χ1v) is 7.62. The van der Waals surface area contributed by atoms with Gasteiger partial charge in [-0.25, -0.2) is 0 Å². The molecule has 0 radical (unpaired) electrons. The Morgan fingerprint density at radius 1 is 1.32 bits per heavy atom. The Bertz CT molecular complexity index is 609. The van der Waals surface area contributed by atoms with Gasteiger partial charge in [-0.1, -0.05) is 24.3 Å². The Balaban J connectivity index is 1.60. The van der Waals surface area contributed by atoms with Crippen molar-refractivity contribution in [2.75, 3.05) is 20.2 Å². The van der Waals surface area contributed by atoms with Crippen molar-refractivity contribution in [2.45, 2.75) is 18.2 Å². The predicted molar refractivity (Wildman–Crippen MR) is 79.7 cm³/mol. The molecule has 0 spiro atoms. The third-order valence-electron chi connectivity index (χ3n) is 5.10. The number of carboxylic acids is 1. The van der Waals surface area contributed by atoms with Crippen LogP contribution >= 0.6 is 0 Å². The predicted octanol–water partition coefficient (Wildman–Crippen LogP) is 1.71. The van der Waals surface area contributed by atoms with E-state index in [1.165, 1.54) is 0 Å². The molecule has 5 nitrogen and oxygen atoms in total. The summed E-state index contributed by atoms with van der Waals surface area (Å²) in [5.41, 5.74) is 0.771. The molecule has 3 heterocycles. The summed E-state index contributed by atoms with van der Waals surface area (Å²) >= 11 is 0. The van der Waals surface area contributed by atoms with Crippen LogP contribution in [0.5, 0.6) is 5.75 Å². The Labute approximate surface area is 129 Å². The maximum atomic E-state index is 11.9. The molecule has 4 rings (SSSR count). The lowest BCUT2D eigenvalue weighted by atomic mass is 9.86. The Kier molecular flexibility index (Phi) is 3.20. The molecule has 1 aromatic carbocycles. The number of rotatable bonds is 4. The largest absolute Gasteiger partial charge is 0.497 e. The molecule has 116 valence electrons. The number of fused-ring (bicyclic) bond motifs is 5. The fourth-order valence-electron chi connectivity index (χ4n) is 4.09. The van der Waals surface area contributed by atoms with Gasteiger partial charge in [0.25, 0.3) is 0 Å². The van der Waals surface area contributed by atoms with E-state index in [1.807, 2.05) is 24.3 Å². The zero-order valence-electron chi connectivity index (χ0n) is 12.4. The molecule has 3 aliphatic rings. The smallest absolute Gasteiger partial charge is 0.325 e. The van der Waals surface area contributed by atoms with Crippen molar-refractivity contribution < 1.29 is 19.4 Å². The quantitative estimate of drug-likeness (QED) is 0.858. The number of aliphatic carboxylic acids is 1. The molecule has 0 aromatic heterocycles. The van der Waals surface area contributed by atoms with Gasteiger partial charge in [0.05, 0.1) is 19.3 Å². The van der Waals surface area contributed by atoms with Gasteiger partial charge in [-0.3, -0.25) is 9.69 Å². The molecule has 0 aliphatic carbocycles. The van der Waals surface area contributed by atoms with E-state index in [1.54, 1.807) is 7.11 Å². The van der Waals surface area contributed by atoms with E-state index in [2.05, 4.69) is 17.1 Å². The second-order valence-corrected chi connectivity index (χ2v) is 6.25. The number of nitrogens with zero attached hydrogens (tertiary/aromatic N) is 1. The van der Waals surface area contributed by atoms with Gasteiger partial charge in [-0.05, 0) is 17.7 Å². The van der Waals surface area contributed by atoms with Crippen LogP contribution in [0.2, 0.25) is 0 Å². The third-order valence-corrected chi connectivity index (χ3v) is 5.10. The molecule has 0 amide bonds. The minimum absolute atomic E-state index is 0.166. The maximum absolute atomic E-state index is 11.9. The summed E-state index contributed by atoms with van der Waals surface area (Å²) in [4.78, 5) is 13.9. The molecule has 1 N–H and O–H groups in total. The topological polar surface area (TPSA) is 59.0 Å². The van der Waals surface area contributed by atoms with Crippen LogP contribution in [0, 0.1) is 11.8 Å². The van der Waals surface area contributed by atoms with Crippen molar-refractivity contribution in [1.29, 1.82) is 0 Å². The number of hydrogen-bond donors (Lipinski definition) is 1. The molecular weight excluding hydrogens is 282 g/mol. The van der Waals surface area contributed by atoms with Crippen molar-refractivity contribution in [1.82, 2.24) is 4.90 Å². The van der Waals surface area contributed by atoms with Gasteiger partial charge in [-0.2, -0.15) is 0 Å². The molecule has 5 heteroatoms. The second kappa shape index (κ2) is 5.11. The van der Waals surface area contributed by atoms with Crippen LogP contribution in [-0.4, -0.2) is 48.4 Å². The average molecular weight is 301 g/mol. The molecule has 22 heavy (non-hydrogen) atoms. The SMILES string of the molecule is COc1cccc(C(C(=O)O)N2CC3C4C=CC(O4)C3C2)c1. The lowest BCUT2D eigenvalue weighted by Gasteiger charge is -2.26. The van der Waals surface area contributed by atoms with Gasteiger partial charge in [0.2, 0.25) is 0 Å². The highest BCUT2D eigenvalue weighted by molar-refractivity contribution is 5.75. The minimum Gasteiger partial charge on any atom is -0.497 e. The average Bonchev–Trinajstić information content (AvgIpc) is 3.19. The van der Waals surface area contributed by atoms with E-state index in [9.17, 15) is 9.90 Å². The molecule has 2 bridgehead atoms. The van der Waals surface area contributed by atoms with Crippen molar-refractivity contribution in [3.63, 3.8) is 0 Å². The van der Waals surface area contributed by atoms with Crippen LogP contribution in [0.4, 0.5) is 0 Å². The molecule has 1 aromatic rings. The van der Waals surface area contributed by atoms with Crippen molar-refractivity contribution in [2.24, 2.45) is 11.8 Å². The van der Waals surface area contributed by atoms with Crippen molar-refractivity contribution >= 4 is 5.97 Å². The second-order valence-electron chi connectivity index (χ2n) is 6.25. The summed E-state index contributed by atoms with van der Waals surface area (Å²) in [5.74, 6) is 0.715. The van der Waals surface area contributed by atoms with E-state index < -0.39 is 12.0 Å². The monoisotopic (exact) mass is 301 g/mol. The standard InChI is InChI=1S/C17H19NO4/c1-21-11-4-2-3-10(7-11)16(17(19)20)18-8-12-13(9-18)15-6-5-14(12)22-15/h2-7,12-16H,8-9H2,1H3,(H,19,20). The number of benzene rings is 1. The van der Waals surface area contributed by atoms with Gasteiger partial charge >= 0.3 is 5.97 Å². The Morgan fingerprint density at radius 3 is 2.59 bits per heavy atom.